The lowest BCUT2D eigenvalue weighted by Gasteiger charge is -2.10. The van der Waals surface area contributed by atoms with Gasteiger partial charge in [-0.25, -0.2) is 10.2 Å². The van der Waals surface area contributed by atoms with Gasteiger partial charge in [0.1, 0.15) is 18.2 Å². The van der Waals surface area contributed by atoms with E-state index in [1.54, 1.807) is 37.3 Å². The first-order valence-electron chi connectivity index (χ1n) is 6.19. The third-order valence-electron chi connectivity index (χ3n) is 2.97. The summed E-state index contributed by atoms with van der Waals surface area (Å²) in [6.45, 7) is 1.98. The van der Waals surface area contributed by atoms with Crippen LogP contribution in [0.5, 0.6) is 5.75 Å². The number of rotatable bonds is 4. The lowest BCUT2D eigenvalue weighted by Crippen LogP contribution is -2.29. The number of hydrazine groups is 1. The Bertz CT molecular complexity index is 677. The molecule has 6 heteroatoms. The standard InChI is InChI=1S/C15H14BrFN2O2/c1-9-6-12(4-5-14(9)17)21-8-11-3-2-10(7-13(11)16)15(20)19-18/h2-7H,8,18H2,1H3,(H,19,20). The fraction of sp³-hybridized carbons (Fsp3) is 0.133. The number of carbonyl (C=O) groups excluding carboxylic acids is 1. The lowest BCUT2D eigenvalue weighted by molar-refractivity contribution is 0.0953. The summed E-state index contributed by atoms with van der Waals surface area (Å²) in [5.41, 5.74) is 3.92. The smallest absolute Gasteiger partial charge is 0.265 e. The quantitative estimate of drug-likeness (QED) is 0.504. The van der Waals surface area contributed by atoms with Gasteiger partial charge in [-0.1, -0.05) is 22.0 Å². The zero-order chi connectivity index (χ0) is 15.4. The molecular formula is C15H14BrFN2O2. The maximum absolute atomic E-state index is 13.2. The first kappa shape index (κ1) is 15.5. The molecule has 0 aliphatic carbocycles. The van der Waals surface area contributed by atoms with Gasteiger partial charge in [0.05, 0.1) is 0 Å². The van der Waals surface area contributed by atoms with Gasteiger partial charge in [0, 0.05) is 15.6 Å². The molecule has 0 heterocycles. The molecule has 2 aromatic rings. The number of nitrogens with two attached hydrogens (primary N) is 1. The van der Waals surface area contributed by atoms with Crippen molar-refractivity contribution in [3.63, 3.8) is 0 Å². The van der Waals surface area contributed by atoms with E-state index >= 15 is 0 Å². The fourth-order valence-electron chi connectivity index (χ4n) is 1.76. The van der Waals surface area contributed by atoms with Crippen molar-refractivity contribution in [1.29, 1.82) is 0 Å². The molecule has 0 saturated heterocycles. The summed E-state index contributed by atoms with van der Waals surface area (Å²) in [5.74, 6) is 5.04. The summed E-state index contributed by atoms with van der Waals surface area (Å²) < 4.78 is 19.5. The van der Waals surface area contributed by atoms with Crippen molar-refractivity contribution in [3.05, 3.63) is 63.4 Å². The predicted molar refractivity (Wildman–Crippen MR) is 81.3 cm³/mol. The second-order valence-corrected chi connectivity index (χ2v) is 5.33. The summed E-state index contributed by atoms with van der Waals surface area (Å²) in [6, 6.07) is 9.67. The molecule has 0 aliphatic rings. The zero-order valence-corrected chi connectivity index (χ0v) is 12.9. The van der Waals surface area contributed by atoms with Crippen LogP contribution in [0.3, 0.4) is 0 Å². The fourth-order valence-corrected chi connectivity index (χ4v) is 2.25. The van der Waals surface area contributed by atoms with Gasteiger partial charge >= 0.3 is 0 Å². The van der Waals surface area contributed by atoms with E-state index < -0.39 is 0 Å². The van der Waals surface area contributed by atoms with Crippen molar-refractivity contribution in [2.75, 3.05) is 0 Å². The second-order valence-electron chi connectivity index (χ2n) is 4.48. The molecule has 3 N–H and O–H groups in total. The van der Waals surface area contributed by atoms with Crippen LogP contribution in [0.15, 0.2) is 40.9 Å². The number of hydrogen-bond donors (Lipinski definition) is 2. The molecule has 2 rings (SSSR count). The Morgan fingerprint density at radius 1 is 1.33 bits per heavy atom. The van der Waals surface area contributed by atoms with Crippen LogP contribution in [-0.4, -0.2) is 5.91 Å². The van der Waals surface area contributed by atoms with Gasteiger partial charge in [-0.3, -0.25) is 10.2 Å². The Labute approximate surface area is 130 Å². The third kappa shape index (κ3) is 3.80. The number of hydrogen-bond acceptors (Lipinski definition) is 3. The molecule has 0 bridgehead atoms. The minimum Gasteiger partial charge on any atom is -0.489 e. The molecule has 0 aromatic heterocycles. The molecule has 2 aromatic carbocycles. The maximum Gasteiger partial charge on any atom is 0.265 e. The van der Waals surface area contributed by atoms with Crippen LogP contribution in [0.2, 0.25) is 0 Å². The van der Waals surface area contributed by atoms with Crippen molar-refractivity contribution in [3.8, 4) is 5.75 Å². The van der Waals surface area contributed by atoms with E-state index in [9.17, 15) is 9.18 Å². The number of nitrogens with one attached hydrogen (secondary N) is 1. The van der Waals surface area contributed by atoms with Crippen LogP contribution in [0.1, 0.15) is 21.5 Å². The van der Waals surface area contributed by atoms with Crippen LogP contribution in [0, 0.1) is 12.7 Å². The molecule has 0 aliphatic heterocycles. The Kier molecular flexibility index (Phi) is 4.93. The van der Waals surface area contributed by atoms with E-state index in [1.165, 1.54) is 6.07 Å². The molecule has 1 amide bonds. The normalized spacial score (nSPS) is 10.3. The van der Waals surface area contributed by atoms with Crippen LogP contribution in [0.4, 0.5) is 4.39 Å². The number of ether oxygens (including phenoxy) is 1. The van der Waals surface area contributed by atoms with Gasteiger partial charge in [0.25, 0.3) is 5.91 Å². The number of benzene rings is 2. The Hall–Kier alpha value is -1.92. The van der Waals surface area contributed by atoms with Crippen LogP contribution in [0.25, 0.3) is 0 Å². The largest absolute Gasteiger partial charge is 0.489 e. The van der Waals surface area contributed by atoms with Gasteiger partial charge < -0.3 is 4.74 Å². The van der Waals surface area contributed by atoms with Gasteiger partial charge in [-0.05, 0) is 42.8 Å². The van der Waals surface area contributed by atoms with Crippen molar-refractivity contribution in [2.24, 2.45) is 5.84 Å². The highest BCUT2D eigenvalue weighted by Crippen LogP contribution is 2.22. The Balaban J connectivity index is 2.09. The highest BCUT2D eigenvalue weighted by Gasteiger charge is 2.08. The molecular weight excluding hydrogens is 339 g/mol. The summed E-state index contributed by atoms with van der Waals surface area (Å²) >= 11 is 3.38. The summed E-state index contributed by atoms with van der Waals surface area (Å²) in [6.07, 6.45) is 0. The topological polar surface area (TPSA) is 64.3 Å². The summed E-state index contributed by atoms with van der Waals surface area (Å²) in [5, 5.41) is 0. The molecule has 0 atom stereocenters. The van der Waals surface area contributed by atoms with E-state index in [1.807, 2.05) is 0 Å². The Morgan fingerprint density at radius 3 is 2.71 bits per heavy atom. The van der Waals surface area contributed by atoms with E-state index in [0.717, 1.165) is 10.0 Å². The number of amides is 1. The zero-order valence-electron chi connectivity index (χ0n) is 11.3. The summed E-state index contributed by atoms with van der Waals surface area (Å²) in [4.78, 5) is 11.4. The average molecular weight is 353 g/mol. The van der Waals surface area contributed by atoms with Gasteiger partial charge in [0.2, 0.25) is 0 Å². The van der Waals surface area contributed by atoms with Crippen LogP contribution >= 0.6 is 15.9 Å². The van der Waals surface area contributed by atoms with Crippen molar-refractivity contribution in [2.45, 2.75) is 13.5 Å². The minimum atomic E-state index is -0.364. The molecule has 0 radical (unpaired) electrons. The number of aryl methyl sites for hydroxylation is 1. The van der Waals surface area contributed by atoms with Gasteiger partial charge in [0.15, 0.2) is 0 Å². The first-order chi connectivity index (χ1) is 10.0. The second kappa shape index (κ2) is 6.69. The van der Waals surface area contributed by atoms with Crippen LogP contribution < -0.4 is 16.0 Å². The average Bonchev–Trinajstić information content (AvgIpc) is 2.48. The van der Waals surface area contributed by atoms with Gasteiger partial charge in [-0.15, -0.1) is 0 Å². The van der Waals surface area contributed by atoms with Crippen LogP contribution in [-0.2, 0) is 6.61 Å². The first-order valence-corrected chi connectivity index (χ1v) is 6.99. The highest BCUT2D eigenvalue weighted by molar-refractivity contribution is 9.10. The van der Waals surface area contributed by atoms with Crippen molar-refractivity contribution < 1.29 is 13.9 Å². The molecule has 0 spiro atoms. The van der Waals surface area contributed by atoms with E-state index in [4.69, 9.17) is 10.6 Å². The van der Waals surface area contributed by atoms with E-state index in [2.05, 4.69) is 21.4 Å². The molecule has 0 unspecified atom stereocenters. The van der Waals surface area contributed by atoms with Crippen molar-refractivity contribution >= 4 is 21.8 Å². The van der Waals surface area contributed by atoms with Gasteiger partial charge in [-0.2, -0.15) is 0 Å². The maximum atomic E-state index is 13.2. The highest BCUT2D eigenvalue weighted by atomic mass is 79.9. The molecule has 0 saturated carbocycles. The number of nitrogen functional groups attached to an aromatic ring is 1. The third-order valence-corrected chi connectivity index (χ3v) is 3.71. The minimum absolute atomic E-state index is 0.263. The molecule has 0 fully saturated rings. The lowest BCUT2D eigenvalue weighted by atomic mass is 10.1. The number of halogens is 2. The SMILES string of the molecule is Cc1cc(OCc2ccc(C(=O)NN)cc2Br)ccc1F. The van der Waals surface area contributed by atoms with E-state index in [0.29, 0.717) is 23.5 Å². The van der Waals surface area contributed by atoms with E-state index in [-0.39, 0.29) is 11.7 Å². The monoisotopic (exact) mass is 352 g/mol. The predicted octanol–water partition coefficient (Wildman–Crippen LogP) is 3.08. The molecule has 4 nitrogen and oxygen atoms in total. The Morgan fingerprint density at radius 2 is 2.10 bits per heavy atom. The van der Waals surface area contributed by atoms with Crippen molar-refractivity contribution in [1.82, 2.24) is 5.43 Å². The molecule has 21 heavy (non-hydrogen) atoms. The summed E-state index contributed by atoms with van der Waals surface area (Å²) in [7, 11) is 0. The molecule has 110 valence electrons. The number of carbonyl (C=O) groups is 1.